The van der Waals surface area contributed by atoms with E-state index in [-0.39, 0.29) is 0 Å². The van der Waals surface area contributed by atoms with Crippen LogP contribution in [0.25, 0.3) is 49.9 Å². The molecule has 372 valence electrons. The molecule has 0 bridgehead atoms. The molecule has 6 heteroatoms. The predicted molar refractivity (Wildman–Crippen MR) is 328 cm³/mol. The summed E-state index contributed by atoms with van der Waals surface area (Å²) in [7, 11) is -1.86. The average Bonchev–Trinajstić information content (AvgIpc) is 3.48. The molecule has 1 aliphatic rings. The lowest BCUT2D eigenvalue weighted by Crippen LogP contribution is -2.21. The molecule has 14 rings (SSSR count). The molecule has 0 spiro atoms. The third-order valence-corrected chi connectivity index (χ3v) is 20.0. The summed E-state index contributed by atoms with van der Waals surface area (Å²) in [4.78, 5) is 18.0. The fourth-order valence-electron chi connectivity index (χ4n) is 11.5. The Balaban J connectivity index is 0.899. The van der Waals surface area contributed by atoms with Gasteiger partial charge in [-0.3, -0.25) is 4.90 Å². The number of hydrogen-bond donors (Lipinski definition) is 0. The predicted octanol–water partition coefficient (Wildman–Crippen LogP) is 20.6. The van der Waals surface area contributed by atoms with Crippen LogP contribution < -0.4 is 9.80 Å². The zero-order valence-corrected chi connectivity index (χ0v) is 44.5. The monoisotopic (exact) mass is 1040 g/mol. The summed E-state index contributed by atoms with van der Waals surface area (Å²) in [6.45, 7) is 2.18. The van der Waals surface area contributed by atoms with E-state index in [4.69, 9.17) is 4.98 Å². The Labute approximate surface area is 461 Å². The molecule has 2 aromatic heterocycles. The molecule has 13 aromatic rings. The van der Waals surface area contributed by atoms with Gasteiger partial charge in [0.05, 0.1) is 39.5 Å². The number of anilines is 6. The zero-order valence-electron chi connectivity index (χ0n) is 42.9. The second-order valence-corrected chi connectivity index (χ2v) is 23.7. The fraction of sp³-hybridized carbons (Fsp3) is 0.0139. The van der Waals surface area contributed by atoms with Crippen LogP contribution >= 0.6 is 21.8 Å². The van der Waals surface area contributed by atoms with E-state index in [0.717, 1.165) is 72.3 Å². The van der Waals surface area contributed by atoms with Crippen LogP contribution in [0.4, 0.5) is 34.3 Å². The van der Waals surface area contributed by atoms with Crippen LogP contribution in [0.3, 0.4) is 0 Å². The summed E-state index contributed by atoms with van der Waals surface area (Å²) < 4.78 is 2.40. The van der Waals surface area contributed by atoms with E-state index in [0.29, 0.717) is 0 Å². The SMILES string of the molecule is Cc1ccccc1N(c1cccc(-c2ccc3c(c2)c2cc(-c4cccc(N5c6ccccc6S(c6ccccc6)(c6ccccc6)c6ccccc65)c4)ccc2n3-c2ccccc2)n1)c1ccccc1Sc1ccccc1. The number of para-hydroxylation sites is 5. The number of fused-ring (bicyclic) bond motifs is 5. The number of hydrogen-bond acceptors (Lipinski definition) is 4. The Morgan fingerprint density at radius 3 is 1.58 bits per heavy atom. The number of aryl methyl sites for hydroxylation is 1. The van der Waals surface area contributed by atoms with Crippen LogP contribution in [0.15, 0.2) is 327 Å². The lowest BCUT2D eigenvalue weighted by molar-refractivity contribution is 1.12. The van der Waals surface area contributed by atoms with E-state index in [1.165, 1.54) is 46.8 Å². The molecule has 0 radical (unpaired) electrons. The Bertz CT molecular complexity index is 4240. The molecule has 0 aliphatic carbocycles. The molecule has 11 aromatic carbocycles. The Kier molecular flexibility index (Phi) is 12.1. The minimum Gasteiger partial charge on any atom is -0.309 e. The molecule has 0 saturated heterocycles. The van der Waals surface area contributed by atoms with Gasteiger partial charge in [0, 0.05) is 57.1 Å². The topological polar surface area (TPSA) is 24.3 Å². The minimum atomic E-state index is -1.86. The lowest BCUT2D eigenvalue weighted by atomic mass is 10.0. The molecule has 0 N–H and O–H groups in total. The molecule has 0 saturated carbocycles. The maximum absolute atomic E-state index is 5.54. The maximum Gasteiger partial charge on any atom is 0.138 e. The van der Waals surface area contributed by atoms with Crippen molar-refractivity contribution < 1.29 is 0 Å². The maximum atomic E-state index is 5.54. The van der Waals surface area contributed by atoms with Crippen LogP contribution in [-0.2, 0) is 0 Å². The summed E-state index contributed by atoms with van der Waals surface area (Å²) in [6, 6.07) is 108. The number of aromatic nitrogens is 2. The summed E-state index contributed by atoms with van der Waals surface area (Å²) in [6.07, 6.45) is 0. The van der Waals surface area contributed by atoms with E-state index in [2.05, 4.69) is 319 Å². The summed E-state index contributed by atoms with van der Waals surface area (Å²) in [5, 5.41) is 2.34. The van der Waals surface area contributed by atoms with Crippen LogP contribution in [0.5, 0.6) is 0 Å². The van der Waals surface area contributed by atoms with Crippen molar-refractivity contribution in [3.8, 4) is 28.1 Å². The number of pyridine rings is 1. The van der Waals surface area contributed by atoms with E-state index in [1.807, 2.05) is 0 Å². The molecule has 0 unspecified atom stereocenters. The van der Waals surface area contributed by atoms with Crippen molar-refractivity contribution in [1.29, 1.82) is 0 Å². The highest BCUT2D eigenvalue weighted by Gasteiger charge is 2.42. The van der Waals surface area contributed by atoms with Gasteiger partial charge >= 0.3 is 0 Å². The number of benzene rings is 11. The number of nitrogens with zero attached hydrogens (tertiary/aromatic N) is 4. The van der Waals surface area contributed by atoms with E-state index < -0.39 is 10.0 Å². The molecular formula is C72H52N4S2. The Morgan fingerprint density at radius 2 is 0.910 bits per heavy atom. The third-order valence-electron chi connectivity index (χ3n) is 15.0. The van der Waals surface area contributed by atoms with Gasteiger partial charge in [-0.2, -0.15) is 0 Å². The Morgan fingerprint density at radius 1 is 0.397 bits per heavy atom. The normalized spacial score (nSPS) is 13.0. The van der Waals surface area contributed by atoms with Crippen molar-refractivity contribution in [3.63, 3.8) is 0 Å². The first-order valence-electron chi connectivity index (χ1n) is 26.4. The van der Waals surface area contributed by atoms with Crippen LogP contribution in [-0.4, -0.2) is 9.55 Å². The summed E-state index contributed by atoms with van der Waals surface area (Å²) in [5.41, 5.74) is 14.5. The van der Waals surface area contributed by atoms with Gasteiger partial charge in [-0.25, -0.2) is 4.98 Å². The van der Waals surface area contributed by atoms with Gasteiger partial charge in [-0.15, -0.1) is 10.0 Å². The van der Waals surface area contributed by atoms with E-state index in [1.54, 1.807) is 11.8 Å². The van der Waals surface area contributed by atoms with Crippen LogP contribution in [0.1, 0.15) is 5.56 Å². The van der Waals surface area contributed by atoms with Crippen molar-refractivity contribution in [3.05, 3.63) is 303 Å². The first kappa shape index (κ1) is 47.1. The molecule has 78 heavy (non-hydrogen) atoms. The number of rotatable bonds is 11. The summed E-state index contributed by atoms with van der Waals surface area (Å²) >= 11 is 1.77. The first-order chi connectivity index (χ1) is 38.6. The quantitative estimate of drug-likeness (QED) is 0.129. The van der Waals surface area contributed by atoms with E-state index in [9.17, 15) is 0 Å². The van der Waals surface area contributed by atoms with Gasteiger partial charge in [-0.05, 0) is 163 Å². The van der Waals surface area contributed by atoms with Gasteiger partial charge in [-0.1, -0.05) is 169 Å². The first-order valence-corrected chi connectivity index (χ1v) is 28.9. The van der Waals surface area contributed by atoms with Crippen molar-refractivity contribution in [2.24, 2.45) is 0 Å². The highest BCUT2D eigenvalue weighted by Crippen LogP contribution is 2.79. The zero-order chi connectivity index (χ0) is 52.0. The molecule has 0 fully saturated rings. The van der Waals surface area contributed by atoms with Gasteiger partial charge in [0.15, 0.2) is 0 Å². The largest absolute Gasteiger partial charge is 0.309 e. The second kappa shape index (κ2) is 20.0. The van der Waals surface area contributed by atoms with Crippen molar-refractivity contribution in [1.82, 2.24) is 9.55 Å². The molecule has 4 nitrogen and oxygen atoms in total. The van der Waals surface area contributed by atoms with Gasteiger partial charge in [0.1, 0.15) is 5.82 Å². The Hall–Kier alpha value is -9.33. The van der Waals surface area contributed by atoms with Crippen molar-refractivity contribution in [2.75, 3.05) is 9.80 Å². The fourth-order valence-corrected chi connectivity index (χ4v) is 16.6. The van der Waals surface area contributed by atoms with Gasteiger partial charge < -0.3 is 9.47 Å². The highest BCUT2D eigenvalue weighted by molar-refractivity contribution is 8.34. The van der Waals surface area contributed by atoms with Crippen LogP contribution in [0.2, 0.25) is 0 Å². The minimum absolute atomic E-state index is 0.850. The molecule has 3 heterocycles. The van der Waals surface area contributed by atoms with Gasteiger partial charge in [0.25, 0.3) is 0 Å². The molecule has 1 aliphatic heterocycles. The van der Waals surface area contributed by atoms with Gasteiger partial charge in [0.2, 0.25) is 0 Å². The second-order valence-electron chi connectivity index (χ2n) is 19.6. The smallest absolute Gasteiger partial charge is 0.138 e. The van der Waals surface area contributed by atoms with Crippen molar-refractivity contribution >= 4 is 77.9 Å². The van der Waals surface area contributed by atoms with Crippen molar-refractivity contribution in [2.45, 2.75) is 36.3 Å². The molecule has 0 amide bonds. The molecular weight excluding hydrogens is 985 g/mol. The third kappa shape index (κ3) is 8.08. The average molecular weight is 1040 g/mol. The molecule has 0 atom stereocenters. The lowest BCUT2D eigenvalue weighted by Gasteiger charge is -2.49. The standard InChI is InChI=1S/C72H52N4S2/c1-51-24-14-15-36-63(51)76(66-37-16-19-40-69(66)77-57-29-8-3-9-30-57)72-43-23-35-62(73-72)54-45-47-65-61(50-54)60-49-53(44-46-64(60)74(65)55-26-6-2-7-27-55)52-25-22-28-56(48-52)75-67-38-17-20-41-70(67)78(58-31-10-4-11-32-58,59-33-12-5-13-34-59)71-42-21-18-39-68(71)75/h2-50H,1H3. The van der Waals surface area contributed by atoms with Crippen LogP contribution in [0, 0.1) is 6.92 Å². The van der Waals surface area contributed by atoms with E-state index >= 15 is 0 Å². The highest BCUT2D eigenvalue weighted by atomic mass is 32.3. The summed E-state index contributed by atoms with van der Waals surface area (Å²) in [5.74, 6) is 0.850.